The molecular weight excluding hydrogens is 302 g/mol. The molecule has 0 saturated carbocycles. The summed E-state index contributed by atoms with van der Waals surface area (Å²) in [5, 5.41) is 3.16. The molecule has 1 aromatic rings. The molecule has 5 heteroatoms. The third-order valence-corrected chi connectivity index (χ3v) is 4.83. The number of unbranched alkanes of at least 4 members (excludes halogenated alkanes) is 1. The Balaban J connectivity index is 1.81. The number of carbonyl (C=O) groups excluding carboxylic acids is 1. The minimum atomic E-state index is 0.116. The van der Waals surface area contributed by atoms with Crippen LogP contribution in [0.1, 0.15) is 39.0 Å². The first-order valence-electron chi connectivity index (χ1n) is 9.29. The summed E-state index contributed by atoms with van der Waals surface area (Å²) >= 11 is 0. The Bertz CT molecular complexity index is 550. The van der Waals surface area contributed by atoms with Crippen molar-refractivity contribution in [1.29, 1.82) is 0 Å². The summed E-state index contributed by atoms with van der Waals surface area (Å²) in [6, 6.07) is 6.51. The number of carbonyl (C=O) groups is 1. The fourth-order valence-electron chi connectivity index (χ4n) is 3.43. The standard InChI is InChI=1S/C19H29N3O2/c1-2-3-6-19(23)20-17-15-16(21-9-4-5-10-21)7-8-18(17)22-11-13-24-14-12-22/h7-8,15H,2-6,9-14H2,1H3,(H,20,23). The second-order valence-electron chi connectivity index (χ2n) is 6.65. The van der Waals surface area contributed by atoms with Crippen molar-refractivity contribution >= 4 is 23.0 Å². The van der Waals surface area contributed by atoms with Crippen LogP contribution in [0.15, 0.2) is 18.2 Å². The van der Waals surface area contributed by atoms with E-state index in [1.54, 1.807) is 0 Å². The van der Waals surface area contributed by atoms with E-state index in [0.717, 1.165) is 63.6 Å². The van der Waals surface area contributed by atoms with Gasteiger partial charge in [-0.1, -0.05) is 13.3 Å². The Morgan fingerprint density at radius 1 is 1.12 bits per heavy atom. The quantitative estimate of drug-likeness (QED) is 0.869. The van der Waals surface area contributed by atoms with Gasteiger partial charge in [0.2, 0.25) is 5.91 Å². The number of anilines is 3. The second-order valence-corrected chi connectivity index (χ2v) is 6.65. The van der Waals surface area contributed by atoms with E-state index in [9.17, 15) is 4.79 Å². The number of nitrogens with zero attached hydrogens (tertiary/aromatic N) is 2. The number of morpholine rings is 1. The molecule has 0 unspecified atom stereocenters. The number of hydrogen-bond donors (Lipinski definition) is 1. The summed E-state index contributed by atoms with van der Waals surface area (Å²) in [5.74, 6) is 0.116. The van der Waals surface area contributed by atoms with Crippen molar-refractivity contribution in [2.45, 2.75) is 39.0 Å². The van der Waals surface area contributed by atoms with Gasteiger partial charge in [-0.2, -0.15) is 0 Å². The predicted molar refractivity (Wildman–Crippen MR) is 99.1 cm³/mol. The van der Waals surface area contributed by atoms with Crippen LogP contribution in [0.4, 0.5) is 17.1 Å². The first-order valence-corrected chi connectivity index (χ1v) is 9.29. The zero-order chi connectivity index (χ0) is 16.8. The third-order valence-electron chi connectivity index (χ3n) is 4.83. The summed E-state index contributed by atoms with van der Waals surface area (Å²) in [6.07, 6.45) is 5.07. The van der Waals surface area contributed by atoms with E-state index in [-0.39, 0.29) is 5.91 Å². The summed E-state index contributed by atoms with van der Waals surface area (Å²) in [7, 11) is 0. The molecular formula is C19H29N3O2. The van der Waals surface area contributed by atoms with E-state index in [1.807, 2.05) is 0 Å². The molecule has 3 rings (SSSR count). The Morgan fingerprint density at radius 2 is 1.88 bits per heavy atom. The van der Waals surface area contributed by atoms with Crippen LogP contribution in [0.5, 0.6) is 0 Å². The van der Waals surface area contributed by atoms with Gasteiger partial charge < -0.3 is 19.9 Å². The molecule has 0 atom stereocenters. The van der Waals surface area contributed by atoms with Crippen LogP contribution >= 0.6 is 0 Å². The Kier molecular flexibility index (Phi) is 5.96. The minimum Gasteiger partial charge on any atom is -0.378 e. The lowest BCUT2D eigenvalue weighted by atomic mass is 10.1. The number of hydrogen-bond acceptors (Lipinski definition) is 4. The summed E-state index contributed by atoms with van der Waals surface area (Å²) in [5.41, 5.74) is 3.28. The van der Waals surface area contributed by atoms with Gasteiger partial charge in [-0.3, -0.25) is 4.79 Å². The van der Waals surface area contributed by atoms with Crippen LogP contribution in [0.3, 0.4) is 0 Å². The maximum absolute atomic E-state index is 12.3. The van der Waals surface area contributed by atoms with Crippen molar-refractivity contribution in [3.05, 3.63) is 18.2 Å². The van der Waals surface area contributed by atoms with Crippen LogP contribution in [0.2, 0.25) is 0 Å². The number of benzene rings is 1. The van der Waals surface area contributed by atoms with Crippen molar-refractivity contribution < 1.29 is 9.53 Å². The summed E-state index contributed by atoms with van der Waals surface area (Å²) in [6.45, 7) is 7.58. The van der Waals surface area contributed by atoms with E-state index < -0.39 is 0 Å². The third kappa shape index (κ3) is 4.20. The molecule has 0 aliphatic carbocycles. The topological polar surface area (TPSA) is 44.8 Å². The number of amides is 1. The fraction of sp³-hybridized carbons (Fsp3) is 0.632. The molecule has 5 nitrogen and oxygen atoms in total. The highest BCUT2D eigenvalue weighted by Crippen LogP contribution is 2.33. The molecule has 2 heterocycles. The van der Waals surface area contributed by atoms with Gasteiger partial charge in [0.1, 0.15) is 0 Å². The van der Waals surface area contributed by atoms with Crippen LogP contribution in [-0.4, -0.2) is 45.3 Å². The molecule has 2 fully saturated rings. The van der Waals surface area contributed by atoms with Gasteiger partial charge in [0, 0.05) is 38.3 Å². The van der Waals surface area contributed by atoms with Crippen molar-refractivity contribution in [3.63, 3.8) is 0 Å². The lowest BCUT2D eigenvalue weighted by Crippen LogP contribution is -2.36. The number of ether oxygens (including phenoxy) is 1. The van der Waals surface area contributed by atoms with Crippen LogP contribution < -0.4 is 15.1 Å². The van der Waals surface area contributed by atoms with E-state index >= 15 is 0 Å². The number of nitrogens with one attached hydrogen (secondary N) is 1. The van der Waals surface area contributed by atoms with E-state index in [1.165, 1.54) is 18.5 Å². The molecule has 0 radical (unpaired) electrons. The van der Waals surface area contributed by atoms with Gasteiger partial charge in [-0.05, 0) is 37.5 Å². The SMILES string of the molecule is CCCCC(=O)Nc1cc(N2CCCC2)ccc1N1CCOCC1. The number of rotatable bonds is 6. The first kappa shape index (κ1) is 17.1. The molecule has 2 saturated heterocycles. The maximum Gasteiger partial charge on any atom is 0.224 e. The van der Waals surface area contributed by atoms with Crippen molar-refractivity contribution in [3.8, 4) is 0 Å². The largest absolute Gasteiger partial charge is 0.378 e. The van der Waals surface area contributed by atoms with Crippen molar-refractivity contribution in [2.75, 3.05) is 54.5 Å². The molecule has 0 bridgehead atoms. The molecule has 1 N–H and O–H groups in total. The molecule has 1 amide bonds. The summed E-state index contributed by atoms with van der Waals surface area (Å²) in [4.78, 5) is 17.0. The lowest BCUT2D eigenvalue weighted by Gasteiger charge is -2.31. The highest BCUT2D eigenvalue weighted by Gasteiger charge is 2.19. The molecule has 0 aromatic heterocycles. The van der Waals surface area contributed by atoms with Gasteiger partial charge in [0.15, 0.2) is 0 Å². The lowest BCUT2D eigenvalue weighted by molar-refractivity contribution is -0.116. The highest BCUT2D eigenvalue weighted by atomic mass is 16.5. The highest BCUT2D eigenvalue weighted by molar-refractivity contribution is 5.95. The zero-order valence-corrected chi connectivity index (χ0v) is 14.7. The average molecular weight is 331 g/mol. The first-order chi connectivity index (χ1) is 11.8. The van der Waals surface area contributed by atoms with Gasteiger partial charge in [-0.25, -0.2) is 0 Å². The second kappa shape index (κ2) is 8.38. The van der Waals surface area contributed by atoms with Crippen molar-refractivity contribution in [2.24, 2.45) is 0 Å². The Morgan fingerprint density at radius 3 is 2.58 bits per heavy atom. The van der Waals surface area contributed by atoms with Crippen LogP contribution in [0, 0.1) is 0 Å². The minimum absolute atomic E-state index is 0.116. The zero-order valence-electron chi connectivity index (χ0n) is 14.7. The Labute approximate surface area is 145 Å². The average Bonchev–Trinajstić information content (AvgIpc) is 3.15. The van der Waals surface area contributed by atoms with Crippen molar-refractivity contribution in [1.82, 2.24) is 0 Å². The predicted octanol–water partition coefficient (Wildman–Crippen LogP) is 3.25. The summed E-state index contributed by atoms with van der Waals surface area (Å²) < 4.78 is 5.46. The fourth-order valence-corrected chi connectivity index (χ4v) is 3.43. The van der Waals surface area contributed by atoms with E-state index in [2.05, 4.69) is 40.2 Å². The molecule has 2 aliphatic rings. The molecule has 0 spiro atoms. The Hall–Kier alpha value is -1.75. The van der Waals surface area contributed by atoms with E-state index in [0.29, 0.717) is 6.42 Å². The molecule has 2 aliphatic heterocycles. The van der Waals surface area contributed by atoms with Gasteiger partial charge in [-0.15, -0.1) is 0 Å². The van der Waals surface area contributed by atoms with Crippen LogP contribution in [0.25, 0.3) is 0 Å². The monoisotopic (exact) mass is 331 g/mol. The molecule has 24 heavy (non-hydrogen) atoms. The molecule has 132 valence electrons. The van der Waals surface area contributed by atoms with E-state index in [4.69, 9.17) is 4.74 Å². The smallest absolute Gasteiger partial charge is 0.224 e. The molecule has 1 aromatic carbocycles. The van der Waals surface area contributed by atoms with Gasteiger partial charge in [0.05, 0.1) is 24.6 Å². The van der Waals surface area contributed by atoms with Crippen LogP contribution in [-0.2, 0) is 9.53 Å². The normalized spacial score (nSPS) is 18.0. The van der Waals surface area contributed by atoms with Gasteiger partial charge in [0.25, 0.3) is 0 Å². The van der Waals surface area contributed by atoms with Gasteiger partial charge >= 0.3 is 0 Å². The maximum atomic E-state index is 12.3.